The molecule has 0 spiro atoms. The van der Waals surface area contributed by atoms with Gasteiger partial charge in [0.05, 0.1) is 6.10 Å². The highest BCUT2D eigenvalue weighted by molar-refractivity contribution is 5.28. The predicted molar refractivity (Wildman–Crippen MR) is 114 cm³/mol. The largest absolute Gasteiger partial charge is 0.491 e. The molecule has 1 saturated heterocycles. The summed E-state index contributed by atoms with van der Waals surface area (Å²) in [7, 11) is 0. The Bertz CT molecular complexity index is 534. The maximum absolute atomic E-state index is 10.3. The van der Waals surface area contributed by atoms with Crippen molar-refractivity contribution < 1.29 is 14.6 Å². The van der Waals surface area contributed by atoms with Crippen molar-refractivity contribution in [2.45, 2.75) is 45.9 Å². The number of nitrogens with one attached hydrogen (secondary N) is 1. The first-order chi connectivity index (χ1) is 13.6. The van der Waals surface area contributed by atoms with Crippen LogP contribution in [0, 0.1) is 0 Å². The molecule has 0 unspecified atom stereocenters. The van der Waals surface area contributed by atoms with Crippen LogP contribution in [0.15, 0.2) is 24.3 Å². The van der Waals surface area contributed by atoms with Crippen molar-refractivity contribution in [3.63, 3.8) is 0 Å². The summed E-state index contributed by atoms with van der Waals surface area (Å²) in [4.78, 5) is 4.76. The molecular formula is C22H39N3O3. The standard InChI is InChI=1S/C22H39N3O3/c1-4-24-10-12-25(13-11-24)17-21(26)18-28-22-8-5-7-20(15-22)16-23-9-6-14-27-19(2)3/h5,7-8,15,19,21,23,26H,4,6,9-14,16-18H2,1-3H3/t21-/m0/s1. The molecule has 160 valence electrons. The van der Waals surface area contributed by atoms with Gasteiger partial charge in [-0.1, -0.05) is 19.1 Å². The van der Waals surface area contributed by atoms with E-state index >= 15 is 0 Å². The van der Waals surface area contributed by atoms with Gasteiger partial charge in [0.25, 0.3) is 0 Å². The maximum atomic E-state index is 10.3. The summed E-state index contributed by atoms with van der Waals surface area (Å²) >= 11 is 0. The Labute approximate surface area is 170 Å². The lowest BCUT2D eigenvalue weighted by atomic mass is 10.2. The number of aliphatic hydroxyl groups excluding tert-OH is 1. The number of piperazine rings is 1. The van der Waals surface area contributed by atoms with E-state index in [1.54, 1.807) is 0 Å². The van der Waals surface area contributed by atoms with Crippen LogP contribution in [0.2, 0.25) is 0 Å². The average Bonchev–Trinajstić information content (AvgIpc) is 2.70. The van der Waals surface area contributed by atoms with Crippen molar-refractivity contribution in [3.05, 3.63) is 29.8 Å². The van der Waals surface area contributed by atoms with Gasteiger partial charge in [-0.05, 0) is 51.1 Å². The molecule has 1 aliphatic heterocycles. The molecule has 1 aromatic carbocycles. The quantitative estimate of drug-likeness (QED) is 0.500. The Balaban J connectivity index is 1.62. The third-order valence-electron chi connectivity index (χ3n) is 5.00. The van der Waals surface area contributed by atoms with Crippen LogP contribution in [-0.2, 0) is 11.3 Å². The molecule has 1 fully saturated rings. The summed E-state index contributed by atoms with van der Waals surface area (Å²) < 4.78 is 11.4. The molecule has 1 heterocycles. The van der Waals surface area contributed by atoms with Crippen molar-refractivity contribution in [1.29, 1.82) is 0 Å². The number of benzene rings is 1. The second-order valence-electron chi connectivity index (χ2n) is 7.80. The molecule has 6 heteroatoms. The van der Waals surface area contributed by atoms with Gasteiger partial charge >= 0.3 is 0 Å². The molecule has 1 aliphatic rings. The zero-order valence-electron chi connectivity index (χ0n) is 17.9. The number of hydrogen-bond donors (Lipinski definition) is 2. The molecule has 0 radical (unpaired) electrons. The second kappa shape index (κ2) is 13.1. The van der Waals surface area contributed by atoms with Gasteiger partial charge in [-0.2, -0.15) is 0 Å². The Morgan fingerprint density at radius 2 is 1.89 bits per heavy atom. The van der Waals surface area contributed by atoms with Crippen LogP contribution < -0.4 is 10.1 Å². The molecule has 0 aliphatic carbocycles. The van der Waals surface area contributed by atoms with Gasteiger partial charge in [-0.3, -0.25) is 4.90 Å². The summed E-state index contributed by atoms with van der Waals surface area (Å²) in [6, 6.07) is 8.09. The van der Waals surface area contributed by atoms with E-state index in [2.05, 4.69) is 42.0 Å². The first-order valence-electron chi connectivity index (χ1n) is 10.7. The molecule has 1 atom stereocenters. The molecule has 6 nitrogen and oxygen atoms in total. The second-order valence-corrected chi connectivity index (χ2v) is 7.80. The number of hydrogen-bond acceptors (Lipinski definition) is 6. The van der Waals surface area contributed by atoms with Crippen molar-refractivity contribution in [2.24, 2.45) is 0 Å². The van der Waals surface area contributed by atoms with E-state index in [0.717, 1.165) is 64.6 Å². The fraction of sp³-hybridized carbons (Fsp3) is 0.727. The third-order valence-corrected chi connectivity index (χ3v) is 5.00. The monoisotopic (exact) mass is 393 g/mol. The Morgan fingerprint density at radius 1 is 1.14 bits per heavy atom. The fourth-order valence-corrected chi connectivity index (χ4v) is 3.33. The molecule has 0 bridgehead atoms. The van der Waals surface area contributed by atoms with Crippen LogP contribution in [0.1, 0.15) is 32.8 Å². The highest BCUT2D eigenvalue weighted by Gasteiger charge is 2.18. The highest BCUT2D eigenvalue weighted by atomic mass is 16.5. The third kappa shape index (κ3) is 9.34. The number of rotatable bonds is 13. The lowest BCUT2D eigenvalue weighted by molar-refractivity contribution is 0.0471. The summed E-state index contributed by atoms with van der Waals surface area (Å²) in [5, 5.41) is 13.7. The lowest BCUT2D eigenvalue weighted by Crippen LogP contribution is -2.49. The van der Waals surface area contributed by atoms with E-state index in [9.17, 15) is 5.11 Å². The van der Waals surface area contributed by atoms with Gasteiger partial charge in [-0.25, -0.2) is 0 Å². The van der Waals surface area contributed by atoms with Crippen LogP contribution in [0.3, 0.4) is 0 Å². The summed E-state index contributed by atoms with van der Waals surface area (Å²) in [6.07, 6.45) is 0.841. The van der Waals surface area contributed by atoms with Crippen LogP contribution in [-0.4, -0.2) is 86.1 Å². The van der Waals surface area contributed by atoms with Crippen LogP contribution in [0.4, 0.5) is 0 Å². The van der Waals surface area contributed by atoms with E-state index in [4.69, 9.17) is 9.47 Å². The van der Waals surface area contributed by atoms with E-state index in [1.165, 1.54) is 5.56 Å². The molecule has 1 aromatic rings. The van der Waals surface area contributed by atoms with E-state index in [0.29, 0.717) is 19.3 Å². The minimum atomic E-state index is -0.462. The van der Waals surface area contributed by atoms with Gasteiger partial charge in [-0.15, -0.1) is 0 Å². The van der Waals surface area contributed by atoms with E-state index in [1.807, 2.05) is 18.2 Å². The SMILES string of the molecule is CCN1CCN(C[C@H](O)COc2cccc(CNCCCOC(C)C)c2)CC1. The first-order valence-corrected chi connectivity index (χ1v) is 10.7. The number of aliphatic hydroxyl groups is 1. The van der Waals surface area contributed by atoms with Gasteiger partial charge in [0.1, 0.15) is 18.5 Å². The number of likely N-dealkylation sites (N-methyl/N-ethyl adjacent to an activating group) is 1. The average molecular weight is 394 g/mol. The summed E-state index contributed by atoms with van der Waals surface area (Å²) in [5.74, 6) is 0.817. The van der Waals surface area contributed by atoms with Gasteiger partial charge in [0.15, 0.2) is 0 Å². The van der Waals surface area contributed by atoms with Crippen LogP contribution >= 0.6 is 0 Å². The molecule has 0 aromatic heterocycles. The minimum absolute atomic E-state index is 0.296. The van der Waals surface area contributed by atoms with Crippen molar-refractivity contribution in [1.82, 2.24) is 15.1 Å². The summed E-state index contributed by atoms with van der Waals surface area (Å²) in [5.41, 5.74) is 1.19. The van der Waals surface area contributed by atoms with Crippen LogP contribution in [0.5, 0.6) is 5.75 Å². The number of ether oxygens (including phenoxy) is 2. The molecule has 0 saturated carbocycles. The normalized spacial score (nSPS) is 17.2. The van der Waals surface area contributed by atoms with Crippen LogP contribution in [0.25, 0.3) is 0 Å². The van der Waals surface area contributed by atoms with Crippen molar-refractivity contribution >= 4 is 0 Å². The summed E-state index contributed by atoms with van der Waals surface area (Å²) in [6.45, 7) is 15.2. The van der Waals surface area contributed by atoms with Gasteiger partial charge in [0.2, 0.25) is 0 Å². The number of β-amino-alcohol motifs (C(OH)–C–C–N with tert-alkyl or cyclic N) is 1. The molecule has 0 amide bonds. The Morgan fingerprint density at radius 3 is 2.61 bits per heavy atom. The molecule has 28 heavy (non-hydrogen) atoms. The highest BCUT2D eigenvalue weighted by Crippen LogP contribution is 2.14. The van der Waals surface area contributed by atoms with Crippen molar-refractivity contribution in [3.8, 4) is 5.75 Å². The molecule has 2 rings (SSSR count). The Hall–Kier alpha value is -1.18. The van der Waals surface area contributed by atoms with E-state index in [-0.39, 0.29) is 0 Å². The first kappa shape index (κ1) is 23.1. The zero-order chi connectivity index (χ0) is 20.2. The lowest BCUT2D eigenvalue weighted by Gasteiger charge is -2.34. The van der Waals surface area contributed by atoms with E-state index < -0.39 is 6.10 Å². The fourth-order valence-electron chi connectivity index (χ4n) is 3.33. The minimum Gasteiger partial charge on any atom is -0.491 e. The predicted octanol–water partition coefficient (Wildman–Crippen LogP) is 1.97. The maximum Gasteiger partial charge on any atom is 0.119 e. The molecule has 2 N–H and O–H groups in total. The van der Waals surface area contributed by atoms with Gasteiger partial charge in [0, 0.05) is 45.9 Å². The smallest absolute Gasteiger partial charge is 0.119 e. The topological polar surface area (TPSA) is 57.2 Å². The number of nitrogens with zero attached hydrogens (tertiary/aromatic N) is 2. The van der Waals surface area contributed by atoms with Crippen molar-refractivity contribution in [2.75, 3.05) is 59.0 Å². The zero-order valence-corrected chi connectivity index (χ0v) is 17.9. The van der Waals surface area contributed by atoms with Gasteiger partial charge < -0.3 is 24.8 Å². The Kier molecular flexibility index (Phi) is 10.8. The molecular weight excluding hydrogens is 354 g/mol.